The molecule has 0 bridgehead atoms. The zero-order valence-electron chi connectivity index (χ0n) is 10.1. The largest absolute Gasteiger partial charge is 0.385 e. The molecule has 0 heterocycles. The highest BCUT2D eigenvalue weighted by molar-refractivity contribution is 6.31. The Morgan fingerprint density at radius 1 is 1.12 bits per heavy atom. The number of halogens is 1. The number of aliphatic hydroxyl groups is 1. The molecule has 2 heteroatoms. The summed E-state index contributed by atoms with van der Waals surface area (Å²) in [5.74, 6) is 0.638. The summed E-state index contributed by atoms with van der Waals surface area (Å²) in [6, 6.07) is 6.20. The van der Waals surface area contributed by atoms with Gasteiger partial charge in [0.05, 0.1) is 5.60 Å². The van der Waals surface area contributed by atoms with Gasteiger partial charge >= 0.3 is 0 Å². The van der Waals surface area contributed by atoms with Crippen LogP contribution >= 0.6 is 11.6 Å². The quantitative estimate of drug-likeness (QED) is 0.827. The van der Waals surface area contributed by atoms with Crippen LogP contribution in [0, 0.1) is 0 Å². The van der Waals surface area contributed by atoms with Gasteiger partial charge in [-0.15, -0.1) is 0 Å². The van der Waals surface area contributed by atoms with Gasteiger partial charge in [-0.2, -0.15) is 0 Å². The van der Waals surface area contributed by atoms with Crippen LogP contribution in [-0.2, 0) is 5.60 Å². The zero-order valence-corrected chi connectivity index (χ0v) is 10.8. The summed E-state index contributed by atoms with van der Waals surface area (Å²) < 4.78 is 0. The Kier molecular flexibility index (Phi) is 2.92. The molecule has 0 aliphatic heterocycles. The summed E-state index contributed by atoms with van der Waals surface area (Å²) >= 11 is 6.39. The van der Waals surface area contributed by atoms with Crippen molar-refractivity contribution in [3.63, 3.8) is 0 Å². The minimum Gasteiger partial charge on any atom is -0.385 e. The molecule has 2 fully saturated rings. The van der Waals surface area contributed by atoms with Gasteiger partial charge in [-0.1, -0.05) is 43.0 Å². The second-order valence-electron chi connectivity index (χ2n) is 5.60. The second kappa shape index (κ2) is 4.29. The van der Waals surface area contributed by atoms with Crippen LogP contribution in [0.2, 0.25) is 5.02 Å². The van der Waals surface area contributed by atoms with E-state index in [1.54, 1.807) is 0 Å². The van der Waals surface area contributed by atoms with E-state index in [4.69, 9.17) is 11.6 Å². The highest BCUT2D eigenvalue weighted by atomic mass is 35.5. The lowest BCUT2D eigenvalue weighted by Crippen LogP contribution is -2.08. The van der Waals surface area contributed by atoms with Crippen molar-refractivity contribution in [1.29, 1.82) is 0 Å². The Balaban J connectivity index is 1.85. The number of rotatable bonds is 2. The predicted molar refractivity (Wildman–Crippen MR) is 70.4 cm³/mol. The maximum absolute atomic E-state index is 10.1. The molecule has 3 rings (SSSR count). The fourth-order valence-corrected chi connectivity index (χ4v) is 3.30. The lowest BCUT2D eigenvalue weighted by atomic mass is 9.83. The van der Waals surface area contributed by atoms with Crippen molar-refractivity contribution in [3.8, 4) is 0 Å². The summed E-state index contributed by atoms with van der Waals surface area (Å²) in [5, 5.41) is 10.9. The van der Waals surface area contributed by atoms with Gasteiger partial charge in [0.2, 0.25) is 0 Å². The number of hydrogen-bond acceptors (Lipinski definition) is 1. The van der Waals surface area contributed by atoms with Gasteiger partial charge in [-0.3, -0.25) is 0 Å². The fraction of sp³-hybridized carbons (Fsp3) is 0.600. The molecule has 17 heavy (non-hydrogen) atoms. The molecule has 2 aliphatic carbocycles. The Morgan fingerprint density at radius 3 is 2.41 bits per heavy atom. The van der Waals surface area contributed by atoms with E-state index in [1.165, 1.54) is 37.7 Å². The summed E-state index contributed by atoms with van der Waals surface area (Å²) in [6.07, 6.45) is 8.32. The summed E-state index contributed by atoms with van der Waals surface area (Å²) in [7, 11) is 0. The molecule has 0 spiro atoms. The third-order valence-corrected chi connectivity index (χ3v) is 4.63. The molecule has 1 nitrogen and oxygen atoms in total. The maximum Gasteiger partial charge on any atom is 0.0899 e. The van der Waals surface area contributed by atoms with Crippen molar-refractivity contribution in [1.82, 2.24) is 0 Å². The van der Waals surface area contributed by atoms with Gasteiger partial charge in [0, 0.05) is 5.02 Å². The molecular formula is C15H19ClO. The standard InChI is InChI=1S/C15H19ClO/c16-14-10-12(15(17)8-9-15)6-7-13(14)11-4-2-1-3-5-11/h6-7,10-11,17H,1-5,8-9H2. The maximum atomic E-state index is 10.1. The van der Waals surface area contributed by atoms with Crippen LogP contribution in [-0.4, -0.2) is 5.11 Å². The van der Waals surface area contributed by atoms with Crippen LogP contribution in [0.25, 0.3) is 0 Å². The molecule has 1 aromatic carbocycles. The molecular weight excluding hydrogens is 232 g/mol. The van der Waals surface area contributed by atoms with Crippen LogP contribution in [0.3, 0.4) is 0 Å². The van der Waals surface area contributed by atoms with E-state index in [1.807, 2.05) is 6.07 Å². The Morgan fingerprint density at radius 2 is 1.82 bits per heavy atom. The molecule has 2 saturated carbocycles. The highest BCUT2D eigenvalue weighted by Gasteiger charge is 2.42. The first kappa shape index (κ1) is 11.6. The summed E-state index contributed by atoms with van der Waals surface area (Å²) in [4.78, 5) is 0. The first-order valence-electron chi connectivity index (χ1n) is 6.71. The highest BCUT2D eigenvalue weighted by Crippen LogP contribution is 2.47. The van der Waals surface area contributed by atoms with Crippen LogP contribution in [0.1, 0.15) is 62.0 Å². The fourth-order valence-electron chi connectivity index (χ4n) is 2.97. The smallest absolute Gasteiger partial charge is 0.0899 e. The van der Waals surface area contributed by atoms with Gasteiger partial charge in [0.15, 0.2) is 0 Å². The van der Waals surface area contributed by atoms with E-state index in [0.29, 0.717) is 5.92 Å². The molecule has 92 valence electrons. The topological polar surface area (TPSA) is 20.2 Å². The van der Waals surface area contributed by atoms with Crippen molar-refractivity contribution in [2.45, 2.75) is 56.5 Å². The normalized spacial score (nSPS) is 23.6. The van der Waals surface area contributed by atoms with Crippen molar-refractivity contribution in [3.05, 3.63) is 34.3 Å². The average Bonchev–Trinajstić information content (AvgIpc) is 3.10. The van der Waals surface area contributed by atoms with Crippen LogP contribution in [0.15, 0.2) is 18.2 Å². The van der Waals surface area contributed by atoms with E-state index in [2.05, 4.69) is 12.1 Å². The lowest BCUT2D eigenvalue weighted by Gasteiger charge is -2.23. The van der Waals surface area contributed by atoms with Gasteiger partial charge in [0.25, 0.3) is 0 Å². The molecule has 0 unspecified atom stereocenters. The Bertz CT molecular complexity index is 417. The van der Waals surface area contributed by atoms with Crippen LogP contribution in [0.5, 0.6) is 0 Å². The van der Waals surface area contributed by atoms with Crippen molar-refractivity contribution in [2.75, 3.05) is 0 Å². The van der Waals surface area contributed by atoms with Crippen LogP contribution < -0.4 is 0 Å². The van der Waals surface area contributed by atoms with Gasteiger partial charge < -0.3 is 5.11 Å². The second-order valence-corrected chi connectivity index (χ2v) is 6.01. The minimum absolute atomic E-state index is 0.561. The van der Waals surface area contributed by atoms with Crippen molar-refractivity contribution >= 4 is 11.6 Å². The van der Waals surface area contributed by atoms with E-state index in [9.17, 15) is 5.11 Å². The minimum atomic E-state index is -0.561. The van der Waals surface area contributed by atoms with E-state index < -0.39 is 5.60 Å². The number of benzene rings is 1. The molecule has 1 aromatic rings. The van der Waals surface area contributed by atoms with E-state index in [0.717, 1.165) is 23.4 Å². The molecule has 0 radical (unpaired) electrons. The van der Waals surface area contributed by atoms with Crippen molar-refractivity contribution in [2.24, 2.45) is 0 Å². The average molecular weight is 251 g/mol. The molecule has 0 saturated heterocycles. The Hall–Kier alpha value is -0.530. The lowest BCUT2D eigenvalue weighted by molar-refractivity contribution is 0.151. The SMILES string of the molecule is OC1(c2ccc(C3CCCCC3)c(Cl)c2)CC1. The molecule has 2 aliphatic rings. The van der Waals surface area contributed by atoms with Gasteiger partial charge in [-0.05, 0) is 48.8 Å². The van der Waals surface area contributed by atoms with Crippen molar-refractivity contribution < 1.29 is 5.11 Å². The van der Waals surface area contributed by atoms with Gasteiger partial charge in [-0.25, -0.2) is 0 Å². The summed E-state index contributed by atoms with van der Waals surface area (Å²) in [5.41, 5.74) is 1.73. The Labute approximate surface area is 108 Å². The first-order chi connectivity index (χ1) is 8.19. The first-order valence-corrected chi connectivity index (χ1v) is 7.09. The monoisotopic (exact) mass is 250 g/mol. The zero-order chi connectivity index (χ0) is 11.9. The molecule has 0 aromatic heterocycles. The third kappa shape index (κ3) is 2.23. The van der Waals surface area contributed by atoms with Crippen LogP contribution in [0.4, 0.5) is 0 Å². The van der Waals surface area contributed by atoms with E-state index >= 15 is 0 Å². The molecule has 0 atom stereocenters. The third-order valence-electron chi connectivity index (χ3n) is 4.31. The van der Waals surface area contributed by atoms with Gasteiger partial charge in [0.1, 0.15) is 0 Å². The number of hydrogen-bond donors (Lipinski definition) is 1. The summed E-state index contributed by atoms with van der Waals surface area (Å²) in [6.45, 7) is 0. The predicted octanol–water partition coefficient (Wildman–Crippen LogP) is 4.37. The molecule has 1 N–H and O–H groups in total. The van der Waals surface area contributed by atoms with E-state index in [-0.39, 0.29) is 0 Å². The molecule has 0 amide bonds.